The van der Waals surface area contributed by atoms with Crippen molar-refractivity contribution in [2.75, 3.05) is 0 Å². The number of para-hydroxylation sites is 1. The zero-order chi connectivity index (χ0) is 9.97. The smallest absolute Gasteiger partial charge is 0.123 e. The van der Waals surface area contributed by atoms with Gasteiger partial charge >= 0.3 is 0 Å². The highest BCUT2D eigenvalue weighted by Gasteiger charge is 2.02. The van der Waals surface area contributed by atoms with Crippen molar-refractivity contribution in [1.29, 1.82) is 0 Å². The highest BCUT2D eigenvalue weighted by atomic mass is 16.3. The minimum atomic E-state index is 0.292. The third-order valence-electron chi connectivity index (χ3n) is 2.09. The molecule has 0 amide bonds. The van der Waals surface area contributed by atoms with Crippen molar-refractivity contribution in [3.05, 3.63) is 48.3 Å². The van der Waals surface area contributed by atoms with Crippen LogP contribution in [0.25, 0.3) is 11.1 Å². The monoisotopic (exact) mass is 185 g/mol. The third-order valence-corrected chi connectivity index (χ3v) is 2.09. The molecule has 1 aromatic carbocycles. The van der Waals surface area contributed by atoms with Crippen LogP contribution in [-0.2, 0) is 0 Å². The van der Waals surface area contributed by atoms with Gasteiger partial charge < -0.3 is 5.11 Å². The fourth-order valence-corrected chi connectivity index (χ4v) is 1.42. The van der Waals surface area contributed by atoms with E-state index >= 15 is 0 Å². The lowest BCUT2D eigenvalue weighted by molar-refractivity contribution is 0.477. The highest BCUT2D eigenvalue weighted by molar-refractivity contribution is 5.69. The average molecular weight is 185 g/mol. The molecule has 0 aliphatic rings. The fraction of sp³-hybridized carbons (Fsp3) is 0.0833. The Bertz CT molecular complexity index is 452. The number of phenols is 1. The van der Waals surface area contributed by atoms with Gasteiger partial charge in [0.25, 0.3) is 0 Å². The van der Waals surface area contributed by atoms with E-state index < -0.39 is 0 Å². The van der Waals surface area contributed by atoms with Crippen molar-refractivity contribution in [1.82, 2.24) is 4.98 Å². The number of hydrogen-bond donors (Lipinski definition) is 1. The summed E-state index contributed by atoms with van der Waals surface area (Å²) in [6, 6.07) is 9.27. The molecule has 1 heterocycles. The Balaban J connectivity index is 2.55. The zero-order valence-electron chi connectivity index (χ0n) is 7.94. The maximum atomic E-state index is 9.63. The molecule has 0 atom stereocenters. The molecule has 0 aliphatic carbocycles. The number of hydrogen-bond acceptors (Lipinski definition) is 2. The number of phenolic OH excluding ortho intramolecular Hbond substituents is 1. The molecule has 0 saturated carbocycles. The van der Waals surface area contributed by atoms with Gasteiger partial charge in [0, 0.05) is 23.5 Å². The summed E-state index contributed by atoms with van der Waals surface area (Å²) in [4.78, 5) is 4.09. The summed E-state index contributed by atoms with van der Waals surface area (Å²) in [5.74, 6) is 0.292. The molecular weight excluding hydrogens is 174 g/mol. The summed E-state index contributed by atoms with van der Waals surface area (Å²) in [6.45, 7) is 1.98. The van der Waals surface area contributed by atoms with Crippen molar-refractivity contribution in [3.63, 3.8) is 0 Å². The van der Waals surface area contributed by atoms with E-state index in [4.69, 9.17) is 0 Å². The molecule has 2 nitrogen and oxygen atoms in total. The lowest BCUT2D eigenvalue weighted by Crippen LogP contribution is -1.82. The molecule has 1 aromatic heterocycles. The number of pyridine rings is 1. The first-order chi connectivity index (χ1) is 6.77. The quantitative estimate of drug-likeness (QED) is 0.741. The van der Waals surface area contributed by atoms with Crippen LogP contribution in [0.15, 0.2) is 42.7 Å². The second kappa shape index (κ2) is 3.50. The molecule has 2 aromatic rings. The SMILES string of the molecule is Cc1cncc(-c2ccccc2O)c1. The predicted molar refractivity (Wildman–Crippen MR) is 56.1 cm³/mol. The lowest BCUT2D eigenvalue weighted by Gasteiger charge is -2.04. The van der Waals surface area contributed by atoms with Gasteiger partial charge in [-0.25, -0.2) is 0 Å². The Labute approximate surface area is 82.9 Å². The van der Waals surface area contributed by atoms with E-state index in [0.717, 1.165) is 16.7 Å². The van der Waals surface area contributed by atoms with Crippen LogP contribution in [0.1, 0.15) is 5.56 Å². The van der Waals surface area contributed by atoms with Crippen LogP contribution in [0.5, 0.6) is 5.75 Å². The molecule has 14 heavy (non-hydrogen) atoms. The molecular formula is C12H11NO. The number of benzene rings is 1. The summed E-state index contributed by atoms with van der Waals surface area (Å²) in [5.41, 5.74) is 2.86. The van der Waals surface area contributed by atoms with Gasteiger partial charge in [0.05, 0.1) is 0 Å². The number of nitrogens with zero attached hydrogens (tertiary/aromatic N) is 1. The van der Waals surface area contributed by atoms with E-state index in [2.05, 4.69) is 4.98 Å². The summed E-state index contributed by atoms with van der Waals surface area (Å²) in [7, 11) is 0. The van der Waals surface area contributed by atoms with E-state index in [1.807, 2.05) is 31.2 Å². The fourth-order valence-electron chi connectivity index (χ4n) is 1.42. The van der Waals surface area contributed by atoms with Gasteiger partial charge in [-0.2, -0.15) is 0 Å². The molecule has 0 radical (unpaired) electrons. The van der Waals surface area contributed by atoms with Crippen molar-refractivity contribution in [3.8, 4) is 16.9 Å². The van der Waals surface area contributed by atoms with E-state index in [1.165, 1.54) is 0 Å². The Morgan fingerprint density at radius 3 is 2.64 bits per heavy atom. The van der Waals surface area contributed by atoms with Crippen LogP contribution in [-0.4, -0.2) is 10.1 Å². The Hall–Kier alpha value is -1.83. The van der Waals surface area contributed by atoms with Crippen molar-refractivity contribution in [2.24, 2.45) is 0 Å². The Kier molecular flexibility index (Phi) is 2.19. The van der Waals surface area contributed by atoms with Gasteiger partial charge in [-0.15, -0.1) is 0 Å². The average Bonchev–Trinajstić information content (AvgIpc) is 2.18. The molecule has 0 aliphatic heterocycles. The van der Waals surface area contributed by atoms with Gasteiger partial charge in [-0.05, 0) is 24.6 Å². The molecule has 0 fully saturated rings. The molecule has 2 rings (SSSR count). The van der Waals surface area contributed by atoms with E-state index in [-0.39, 0.29) is 0 Å². The first kappa shape index (κ1) is 8.75. The third kappa shape index (κ3) is 1.59. The van der Waals surface area contributed by atoms with Crippen LogP contribution >= 0.6 is 0 Å². The van der Waals surface area contributed by atoms with Crippen LogP contribution in [0.2, 0.25) is 0 Å². The number of aromatic nitrogens is 1. The predicted octanol–water partition coefficient (Wildman–Crippen LogP) is 2.76. The normalized spacial score (nSPS) is 10.1. The van der Waals surface area contributed by atoms with Gasteiger partial charge in [0.1, 0.15) is 5.75 Å². The summed E-state index contributed by atoms with van der Waals surface area (Å²) >= 11 is 0. The molecule has 2 heteroatoms. The first-order valence-electron chi connectivity index (χ1n) is 4.47. The van der Waals surface area contributed by atoms with Crippen molar-refractivity contribution < 1.29 is 5.11 Å². The molecule has 0 spiro atoms. The molecule has 0 unspecified atom stereocenters. The summed E-state index contributed by atoms with van der Waals surface area (Å²) in [6.07, 6.45) is 3.55. The van der Waals surface area contributed by atoms with Crippen LogP contribution in [0, 0.1) is 6.92 Å². The molecule has 70 valence electrons. The van der Waals surface area contributed by atoms with E-state index in [1.54, 1.807) is 18.5 Å². The Morgan fingerprint density at radius 2 is 1.93 bits per heavy atom. The van der Waals surface area contributed by atoms with Crippen LogP contribution in [0.3, 0.4) is 0 Å². The largest absolute Gasteiger partial charge is 0.507 e. The van der Waals surface area contributed by atoms with E-state index in [9.17, 15) is 5.11 Å². The van der Waals surface area contributed by atoms with Gasteiger partial charge in [0.15, 0.2) is 0 Å². The van der Waals surface area contributed by atoms with Crippen LogP contribution < -0.4 is 0 Å². The van der Waals surface area contributed by atoms with Gasteiger partial charge in [-0.1, -0.05) is 18.2 Å². The standard InChI is InChI=1S/C12H11NO/c1-9-6-10(8-13-7-9)11-4-2-3-5-12(11)14/h2-8,14H,1H3. The Morgan fingerprint density at radius 1 is 1.14 bits per heavy atom. The highest BCUT2D eigenvalue weighted by Crippen LogP contribution is 2.27. The van der Waals surface area contributed by atoms with Crippen molar-refractivity contribution >= 4 is 0 Å². The molecule has 0 bridgehead atoms. The maximum absolute atomic E-state index is 9.63. The second-order valence-electron chi connectivity index (χ2n) is 3.27. The van der Waals surface area contributed by atoms with Crippen molar-refractivity contribution in [2.45, 2.75) is 6.92 Å². The minimum Gasteiger partial charge on any atom is -0.507 e. The topological polar surface area (TPSA) is 33.1 Å². The van der Waals surface area contributed by atoms with E-state index in [0.29, 0.717) is 5.75 Å². The zero-order valence-corrected chi connectivity index (χ0v) is 7.94. The number of aryl methyl sites for hydroxylation is 1. The maximum Gasteiger partial charge on any atom is 0.123 e. The molecule has 1 N–H and O–H groups in total. The number of aromatic hydroxyl groups is 1. The lowest BCUT2D eigenvalue weighted by atomic mass is 10.1. The first-order valence-corrected chi connectivity index (χ1v) is 4.47. The summed E-state index contributed by atoms with van der Waals surface area (Å²) < 4.78 is 0. The van der Waals surface area contributed by atoms with Crippen LogP contribution in [0.4, 0.5) is 0 Å². The van der Waals surface area contributed by atoms with Gasteiger partial charge in [-0.3, -0.25) is 4.98 Å². The minimum absolute atomic E-state index is 0.292. The number of rotatable bonds is 1. The molecule has 0 saturated heterocycles. The summed E-state index contributed by atoms with van der Waals surface area (Å²) in [5, 5.41) is 9.63. The second-order valence-corrected chi connectivity index (χ2v) is 3.27. The van der Waals surface area contributed by atoms with Gasteiger partial charge in [0.2, 0.25) is 0 Å².